The average Bonchev–Trinajstić information content (AvgIpc) is 3.39. The summed E-state index contributed by atoms with van der Waals surface area (Å²) in [6.07, 6.45) is 5.48. The van der Waals surface area contributed by atoms with Crippen LogP contribution in [0.4, 0.5) is 5.69 Å². The number of thioether (sulfide) groups is 1. The van der Waals surface area contributed by atoms with Gasteiger partial charge in [-0.05, 0) is 60.2 Å². The molecule has 0 atom stereocenters. The van der Waals surface area contributed by atoms with Crippen LogP contribution >= 0.6 is 24.0 Å². The number of carbonyl (C=O) groups excluding carboxylic acids is 1. The SMILES string of the molecule is Cc1ccc(-c2cccc(/C=C3\SC(=S)N(CCCCCc4nn[nH]n4)C3=O)c2)cc1N. The first-order chi connectivity index (χ1) is 15.5. The van der Waals surface area contributed by atoms with E-state index in [1.54, 1.807) is 4.90 Å². The summed E-state index contributed by atoms with van der Waals surface area (Å²) in [5.41, 5.74) is 11.0. The van der Waals surface area contributed by atoms with E-state index in [0.29, 0.717) is 21.6 Å². The van der Waals surface area contributed by atoms with Crippen molar-refractivity contribution in [2.45, 2.75) is 32.6 Å². The highest BCUT2D eigenvalue weighted by atomic mass is 32.2. The molecule has 0 radical (unpaired) electrons. The van der Waals surface area contributed by atoms with Crippen LogP contribution in [-0.2, 0) is 11.2 Å². The minimum Gasteiger partial charge on any atom is -0.398 e. The lowest BCUT2D eigenvalue weighted by Crippen LogP contribution is -2.29. The van der Waals surface area contributed by atoms with Gasteiger partial charge in [0.1, 0.15) is 4.32 Å². The van der Waals surface area contributed by atoms with Gasteiger partial charge in [0, 0.05) is 18.7 Å². The molecule has 164 valence electrons. The Hall–Kier alpha value is -3.04. The second-order valence-corrected chi connectivity index (χ2v) is 9.34. The topological polar surface area (TPSA) is 101 Å². The maximum absolute atomic E-state index is 12.9. The molecule has 0 saturated carbocycles. The van der Waals surface area contributed by atoms with E-state index in [9.17, 15) is 4.79 Å². The number of anilines is 1. The number of nitrogens with one attached hydrogen (secondary N) is 1. The van der Waals surface area contributed by atoms with Crippen LogP contribution < -0.4 is 5.73 Å². The molecule has 1 aliphatic rings. The highest BCUT2D eigenvalue weighted by Gasteiger charge is 2.31. The van der Waals surface area contributed by atoms with E-state index in [1.807, 2.05) is 43.3 Å². The second-order valence-electron chi connectivity index (χ2n) is 7.67. The molecule has 1 aliphatic heterocycles. The second kappa shape index (κ2) is 10.1. The number of H-pyrrole nitrogens is 1. The third-order valence-electron chi connectivity index (χ3n) is 5.34. The van der Waals surface area contributed by atoms with E-state index in [0.717, 1.165) is 53.6 Å². The van der Waals surface area contributed by atoms with Crippen LogP contribution in [0.2, 0.25) is 0 Å². The maximum atomic E-state index is 12.9. The number of hydrogen-bond acceptors (Lipinski definition) is 7. The van der Waals surface area contributed by atoms with Crippen LogP contribution in [0.5, 0.6) is 0 Å². The first-order valence-electron chi connectivity index (χ1n) is 10.5. The molecule has 32 heavy (non-hydrogen) atoms. The summed E-state index contributed by atoms with van der Waals surface area (Å²) in [5.74, 6) is 0.692. The number of carbonyl (C=O) groups is 1. The molecule has 9 heteroatoms. The number of hydrogen-bond donors (Lipinski definition) is 2. The standard InChI is InChI=1S/C23H24N6OS2/c1-15-9-10-18(14-19(15)24)17-7-5-6-16(12-17)13-20-22(30)29(23(31)32-20)11-4-2-3-8-21-25-27-28-26-21/h5-7,9-10,12-14H,2-4,8,11,24H2,1H3,(H,25,26,27,28)/b20-13-. The minimum atomic E-state index is -0.0249. The zero-order chi connectivity index (χ0) is 22.5. The quantitative estimate of drug-likeness (QED) is 0.221. The number of rotatable bonds is 8. The number of nitrogens with zero attached hydrogens (tertiary/aromatic N) is 4. The molecule has 1 saturated heterocycles. The summed E-state index contributed by atoms with van der Waals surface area (Å²) in [4.78, 5) is 15.3. The average molecular weight is 465 g/mol. The number of unbranched alkanes of at least 4 members (excludes halogenated alkanes) is 2. The summed E-state index contributed by atoms with van der Waals surface area (Å²) >= 11 is 6.82. The van der Waals surface area contributed by atoms with Crippen LogP contribution in [-0.4, -0.2) is 42.3 Å². The van der Waals surface area contributed by atoms with Crippen molar-refractivity contribution in [1.82, 2.24) is 25.5 Å². The van der Waals surface area contributed by atoms with E-state index in [2.05, 4.69) is 32.8 Å². The Balaban J connectivity index is 1.38. The van der Waals surface area contributed by atoms with E-state index in [4.69, 9.17) is 18.0 Å². The van der Waals surface area contributed by atoms with Crippen LogP contribution in [0, 0.1) is 6.92 Å². The number of aromatic nitrogens is 4. The fourth-order valence-corrected chi connectivity index (χ4v) is 4.80. The molecule has 0 unspecified atom stereocenters. The van der Waals surface area contributed by atoms with Crippen molar-refractivity contribution in [3.8, 4) is 11.1 Å². The predicted octanol–water partition coefficient (Wildman–Crippen LogP) is 4.37. The molecule has 3 N–H and O–H groups in total. The van der Waals surface area contributed by atoms with Crippen LogP contribution in [0.1, 0.15) is 36.2 Å². The highest BCUT2D eigenvalue weighted by molar-refractivity contribution is 8.26. The molecule has 2 aromatic carbocycles. The number of nitrogens with two attached hydrogens (primary N) is 1. The summed E-state index contributed by atoms with van der Waals surface area (Å²) in [7, 11) is 0. The molecular weight excluding hydrogens is 440 g/mol. The number of amides is 1. The summed E-state index contributed by atoms with van der Waals surface area (Å²) in [5, 5.41) is 13.9. The van der Waals surface area contributed by atoms with Gasteiger partial charge in [-0.15, -0.1) is 10.2 Å². The van der Waals surface area contributed by atoms with Gasteiger partial charge in [-0.2, -0.15) is 5.21 Å². The molecule has 2 heterocycles. The zero-order valence-corrected chi connectivity index (χ0v) is 19.4. The number of aryl methyl sites for hydroxylation is 2. The van der Waals surface area contributed by atoms with Gasteiger partial charge in [-0.25, -0.2) is 0 Å². The van der Waals surface area contributed by atoms with E-state index >= 15 is 0 Å². The number of benzene rings is 2. The van der Waals surface area contributed by atoms with Crippen molar-refractivity contribution in [3.05, 3.63) is 64.3 Å². The van der Waals surface area contributed by atoms with Gasteiger partial charge in [0.2, 0.25) is 0 Å². The van der Waals surface area contributed by atoms with Crippen LogP contribution in [0.3, 0.4) is 0 Å². The van der Waals surface area contributed by atoms with Crippen LogP contribution in [0.25, 0.3) is 17.2 Å². The van der Waals surface area contributed by atoms with E-state index in [1.165, 1.54) is 11.8 Å². The van der Waals surface area contributed by atoms with Crippen molar-refractivity contribution < 1.29 is 4.79 Å². The number of tetrazole rings is 1. The van der Waals surface area contributed by atoms with E-state index in [-0.39, 0.29) is 5.91 Å². The lowest BCUT2D eigenvalue weighted by Gasteiger charge is -2.13. The van der Waals surface area contributed by atoms with Crippen molar-refractivity contribution in [3.63, 3.8) is 0 Å². The molecule has 0 bridgehead atoms. The van der Waals surface area contributed by atoms with Gasteiger partial charge in [0.15, 0.2) is 5.82 Å². The number of thiocarbonyl (C=S) groups is 1. The molecule has 7 nitrogen and oxygen atoms in total. The third kappa shape index (κ3) is 5.23. The Morgan fingerprint density at radius 3 is 2.78 bits per heavy atom. The zero-order valence-electron chi connectivity index (χ0n) is 17.7. The van der Waals surface area contributed by atoms with Gasteiger partial charge in [0.25, 0.3) is 5.91 Å². The third-order valence-corrected chi connectivity index (χ3v) is 6.72. The Morgan fingerprint density at radius 1 is 1.16 bits per heavy atom. The normalized spacial score (nSPS) is 15.2. The fraction of sp³-hybridized carbons (Fsp3) is 0.261. The first-order valence-corrected chi connectivity index (χ1v) is 11.7. The Morgan fingerprint density at radius 2 is 2.00 bits per heavy atom. The van der Waals surface area contributed by atoms with Gasteiger partial charge in [-0.1, -0.05) is 65.9 Å². The smallest absolute Gasteiger partial charge is 0.266 e. The monoisotopic (exact) mass is 464 g/mol. The first kappa shape index (κ1) is 22.2. The summed E-state index contributed by atoms with van der Waals surface area (Å²) < 4.78 is 0.613. The van der Waals surface area contributed by atoms with Gasteiger partial charge >= 0.3 is 0 Å². The molecule has 1 fully saturated rings. The van der Waals surface area contributed by atoms with Crippen molar-refractivity contribution in [1.29, 1.82) is 0 Å². The molecule has 0 aliphatic carbocycles. The fourth-order valence-electron chi connectivity index (χ4n) is 3.49. The van der Waals surface area contributed by atoms with E-state index < -0.39 is 0 Å². The van der Waals surface area contributed by atoms with Crippen molar-refractivity contribution in [2.24, 2.45) is 0 Å². The van der Waals surface area contributed by atoms with Crippen molar-refractivity contribution >= 4 is 46.0 Å². The number of nitrogen functional groups attached to an aromatic ring is 1. The Labute approximate surface area is 196 Å². The van der Waals surface area contributed by atoms with Gasteiger partial charge < -0.3 is 5.73 Å². The largest absolute Gasteiger partial charge is 0.398 e. The maximum Gasteiger partial charge on any atom is 0.266 e. The van der Waals surface area contributed by atoms with Crippen LogP contribution in [0.15, 0.2) is 47.4 Å². The molecule has 1 amide bonds. The summed E-state index contributed by atoms with van der Waals surface area (Å²) in [6.45, 7) is 2.61. The molecule has 3 aromatic rings. The Kier molecular flexibility index (Phi) is 6.96. The molecule has 4 rings (SSSR count). The molecule has 1 aromatic heterocycles. The Bertz CT molecular complexity index is 1160. The van der Waals surface area contributed by atoms with Gasteiger partial charge in [0.05, 0.1) is 4.91 Å². The lowest BCUT2D eigenvalue weighted by molar-refractivity contribution is -0.122. The number of aromatic amines is 1. The predicted molar refractivity (Wildman–Crippen MR) is 133 cm³/mol. The minimum absolute atomic E-state index is 0.0249. The van der Waals surface area contributed by atoms with Crippen molar-refractivity contribution in [2.75, 3.05) is 12.3 Å². The highest BCUT2D eigenvalue weighted by Crippen LogP contribution is 2.33. The molecule has 0 spiro atoms. The summed E-state index contributed by atoms with van der Waals surface area (Å²) in [6, 6.07) is 14.1. The lowest BCUT2D eigenvalue weighted by atomic mass is 10.0. The van der Waals surface area contributed by atoms with Gasteiger partial charge in [-0.3, -0.25) is 9.69 Å². The molecular formula is C23H24N6OS2.